The average molecular weight is 1410 g/mol. The fraction of sp³-hybridized carbons (Fsp3) is 0.896. The molecule has 0 saturated carbocycles. The first kappa shape index (κ1) is 93.5. The second-order valence-corrected chi connectivity index (χ2v) is 30.4. The number of carbonyl (C=O) groups excluding carboxylic acids is 4. The number of carbonyl (C=O) groups is 4. The van der Waals surface area contributed by atoms with Gasteiger partial charge in [0, 0.05) is 25.7 Å². The lowest BCUT2D eigenvalue weighted by Crippen LogP contribution is -2.30. The Hall–Kier alpha value is -2.46. The van der Waals surface area contributed by atoms with Crippen molar-refractivity contribution in [3.8, 4) is 0 Å². The van der Waals surface area contributed by atoms with E-state index in [2.05, 4.69) is 58.9 Å². The molecule has 566 valence electrons. The molecule has 0 spiro atoms. The normalized spacial score (nSPS) is 14.1. The monoisotopic (exact) mass is 1410 g/mol. The maximum Gasteiger partial charge on any atom is 0.472 e. The molecule has 0 radical (unpaired) electrons. The van der Waals surface area contributed by atoms with Crippen LogP contribution in [0.15, 0.2) is 24.3 Å². The minimum absolute atomic E-state index is 0.102. The third kappa shape index (κ3) is 70.0. The van der Waals surface area contributed by atoms with Gasteiger partial charge in [-0.25, -0.2) is 9.13 Å². The van der Waals surface area contributed by atoms with E-state index in [0.717, 1.165) is 115 Å². The van der Waals surface area contributed by atoms with Gasteiger partial charge in [0.15, 0.2) is 12.2 Å². The topological polar surface area (TPSA) is 237 Å². The standard InChI is InChI=1S/C77H146O17P2/c1-6-9-12-15-18-21-23-25-27-28-29-30-32-34-36-42-47-52-57-62-76(81)93-73(67-88-75(80)61-56-51-46-41-35-33-31-26-24-22-19-16-13-10-7-2)69-92-96(85,86)90-65-71(78)64-89-95(83,84)91-68-72(66-87-74(79)60-55-50-45-39-20-17-14-11-8-3)94-77(82)63-58-53-48-43-38-37-40-44-49-54-59-70(4)5/h22,24,26,31,70-73,78H,6-21,23,25,27-30,32-69H2,1-5H3,(H,83,84)(H,85,86)/b24-22-,31-26-/t71-,72+,73+/m0/s1. The van der Waals surface area contributed by atoms with Crippen molar-refractivity contribution in [3.63, 3.8) is 0 Å². The Balaban J connectivity index is 5.25. The van der Waals surface area contributed by atoms with Gasteiger partial charge >= 0.3 is 39.5 Å². The van der Waals surface area contributed by atoms with Crippen LogP contribution in [-0.4, -0.2) is 96.7 Å². The van der Waals surface area contributed by atoms with Crippen LogP contribution in [0, 0.1) is 5.92 Å². The molecule has 0 aliphatic rings. The molecule has 0 aromatic carbocycles. The van der Waals surface area contributed by atoms with Crippen LogP contribution in [0.4, 0.5) is 0 Å². The number of hydrogen-bond acceptors (Lipinski definition) is 15. The van der Waals surface area contributed by atoms with Crippen molar-refractivity contribution in [2.75, 3.05) is 39.6 Å². The molecule has 3 N–H and O–H groups in total. The van der Waals surface area contributed by atoms with Gasteiger partial charge in [-0.2, -0.15) is 0 Å². The Morgan fingerprint density at radius 3 is 0.854 bits per heavy atom. The lowest BCUT2D eigenvalue weighted by molar-refractivity contribution is -0.161. The highest BCUT2D eigenvalue weighted by molar-refractivity contribution is 7.47. The number of ether oxygens (including phenoxy) is 4. The molecule has 19 heteroatoms. The number of allylic oxidation sites excluding steroid dienone is 4. The molecule has 0 bridgehead atoms. The molecule has 0 fully saturated rings. The van der Waals surface area contributed by atoms with Crippen molar-refractivity contribution in [2.24, 2.45) is 5.92 Å². The molecule has 0 aliphatic heterocycles. The Morgan fingerprint density at radius 2 is 0.562 bits per heavy atom. The second-order valence-electron chi connectivity index (χ2n) is 27.5. The van der Waals surface area contributed by atoms with Crippen LogP contribution in [0.1, 0.15) is 381 Å². The molecular weight excluding hydrogens is 1260 g/mol. The largest absolute Gasteiger partial charge is 0.472 e. The second kappa shape index (κ2) is 69.6. The molecule has 0 heterocycles. The van der Waals surface area contributed by atoms with E-state index < -0.39 is 97.5 Å². The predicted octanol–water partition coefficient (Wildman–Crippen LogP) is 22.4. The summed E-state index contributed by atoms with van der Waals surface area (Å²) >= 11 is 0. The maximum absolute atomic E-state index is 13.1. The van der Waals surface area contributed by atoms with Gasteiger partial charge in [-0.1, -0.05) is 329 Å². The zero-order chi connectivity index (χ0) is 70.5. The lowest BCUT2D eigenvalue weighted by Gasteiger charge is -2.21. The summed E-state index contributed by atoms with van der Waals surface area (Å²) in [5.74, 6) is -1.39. The first-order valence-corrected chi connectivity index (χ1v) is 42.4. The highest BCUT2D eigenvalue weighted by Gasteiger charge is 2.30. The number of aliphatic hydroxyl groups is 1. The Kier molecular flexibility index (Phi) is 67.8. The van der Waals surface area contributed by atoms with Gasteiger partial charge < -0.3 is 33.8 Å². The summed E-state index contributed by atoms with van der Waals surface area (Å²) in [5.41, 5.74) is 0. The zero-order valence-electron chi connectivity index (χ0n) is 62.0. The number of esters is 4. The lowest BCUT2D eigenvalue weighted by atomic mass is 10.0. The molecular formula is C77H146O17P2. The van der Waals surface area contributed by atoms with Gasteiger partial charge in [-0.05, 0) is 57.3 Å². The van der Waals surface area contributed by atoms with E-state index in [-0.39, 0.29) is 25.7 Å². The number of hydrogen-bond donors (Lipinski definition) is 3. The molecule has 0 aromatic heterocycles. The molecule has 0 aliphatic carbocycles. The Labute approximate surface area is 586 Å². The van der Waals surface area contributed by atoms with E-state index in [1.807, 2.05) is 0 Å². The number of phosphoric ester groups is 2. The molecule has 0 rings (SSSR count). The fourth-order valence-electron chi connectivity index (χ4n) is 11.3. The minimum atomic E-state index is -4.96. The van der Waals surface area contributed by atoms with Crippen LogP contribution in [0.3, 0.4) is 0 Å². The van der Waals surface area contributed by atoms with E-state index in [0.29, 0.717) is 25.7 Å². The van der Waals surface area contributed by atoms with Crippen LogP contribution in [0.25, 0.3) is 0 Å². The average Bonchev–Trinajstić information content (AvgIpc) is 1.12. The summed E-state index contributed by atoms with van der Waals surface area (Å²) in [5, 5.41) is 10.6. The smallest absolute Gasteiger partial charge is 0.462 e. The number of phosphoric acid groups is 2. The van der Waals surface area contributed by atoms with Gasteiger partial charge in [0.05, 0.1) is 26.4 Å². The van der Waals surface area contributed by atoms with E-state index in [4.69, 9.17) is 37.0 Å². The summed E-state index contributed by atoms with van der Waals surface area (Å²) in [6.45, 7) is 7.20. The summed E-state index contributed by atoms with van der Waals surface area (Å²) in [6.07, 6.45) is 61.9. The number of unbranched alkanes of at least 4 members (excludes halogenated alkanes) is 44. The fourth-order valence-corrected chi connectivity index (χ4v) is 12.9. The van der Waals surface area contributed by atoms with E-state index in [9.17, 15) is 43.2 Å². The van der Waals surface area contributed by atoms with E-state index >= 15 is 0 Å². The number of aliphatic hydroxyl groups excluding tert-OH is 1. The van der Waals surface area contributed by atoms with Crippen molar-refractivity contribution in [2.45, 2.75) is 400 Å². The van der Waals surface area contributed by atoms with E-state index in [1.165, 1.54) is 186 Å². The van der Waals surface area contributed by atoms with Crippen LogP contribution < -0.4 is 0 Å². The predicted molar refractivity (Wildman–Crippen MR) is 391 cm³/mol. The highest BCUT2D eigenvalue weighted by atomic mass is 31.2. The molecule has 5 atom stereocenters. The molecule has 0 aromatic rings. The molecule has 0 saturated heterocycles. The first-order chi connectivity index (χ1) is 46.5. The third-order valence-corrected chi connectivity index (χ3v) is 19.3. The Morgan fingerprint density at radius 1 is 0.323 bits per heavy atom. The highest BCUT2D eigenvalue weighted by Crippen LogP contribution is 2.45. The van der Waals surface area contributed by atoms with Gasteiger partial charge in [0.25, 0.3) is 0 Å². The van der Waals surface area contributed by atoms with Gasteiger partial charge in [0.2, 0.25) is 0 Å². The SMILES string of the molecule is CCCCCC/C=C\C=C/CCCCCCCC(=O)OC[C@H](COP(=O)(O)OC[C@@H](O)COP(=O)(O)OC[C@@H](COC(=O)CCCCCCCCCCC)OC(=O)CCCCCCCCCCCCC(C)C)OC(=O)CCCCCCCCCCCCCCCCCCCCC. The summed E-state index contributed by atoms with van der Waals surface area (Å²) in [4.78, 5) is 72.8. The van der Waals surface area contributed by atoms with Crippen LogP contribution in [-0.2, 0) is 65.4 Å². The van der Waals surface area contributed by atoms with Crippen molar-refractivity contribution in [1.29, 1.82) is 0 Å². The molecule has 0 amide bonds. The van der Waals surface area contributed by atoms with Crippen molar-refractivity contribution in [3.05, 3.63) is 24.3 Å². The zero-order valence-corrected chi connectivity index (χ0v) is 63.8. The number of rotatable bonds is 75. The van der Waals surface area contributed by atoms with Crippen molar-refractivity contribution < 1.29 is 80.2 Å². The molecule has 17 nitrogen and oxygen atoms in total. The van der Waals surface area contributed by atoms with Gasteiger partial charge in [-0.3, -0.25) is 37.3 Å². The minimum Gasteiger partial charge on any atom is -0.462 e. The maximum atomic E-state index is 13.1. The van der Waals surface area contributed by atoms with Crippen molar-refractivity contribution in [1.82, 2.24) is 0 Å². The van der Waals surface area contributed by atoms with Crippen LogP contribution in [0.2, 0.25) is 0 Å². The Bertz CT molecular complexity index is 1930. The quantitative estimate of drug-likeness (QED) is 0.0169. The van der Waals surface area contributed by atoms with Gasteiger partial charge in [-0.15, -0.1) is 0 Å². The van der Waals surface area contributed by atoms with E-state index in [1.54, 1.807) is 0 Å². The third-order valence-electron chi connectivity index (χ3n) is 17.4. The van der Waals surface area contributed by atoms with Gasteiger partial charge in [0.1, 0.15) is 19.3 Å². The molecule has 96 heavy (non-hydrogen) atoms. The van der Waals surface area contributed by atoms with Crippen LogP contribution in [0.5, 0.6) is 0 Å². The van der Waals surface area contributed by atoms with Crippen LogP contribution >= 0.6 is 15.6 Å². The molecule has 2 unspecified atom stereocenters. The summed E-state index contributed by atoms with van der Waals surface area (Å²) in [6, 6.07) is 0. The van der Waals surface area contributed by atoms with Crippen molar-refractivity contribution >= 4 is 39.5 Å². The summed E-state index contributed by atoms with van der Waals surface area (Å²) < 4.78 is 68.5. The first-order valence-electron chi connectivity index (χ1n) is 39.5. The summed E-state index contributed by atoms with van der Waals surface area (Å²) in [7, 11) is -9.92.